The van der Waals surface area contributed by atoms with Gasteiger partial charge < -0.3 is 4.74 Å². The van der Waals surface area contributed by atoms with Gasteiger partial charge in [0.25, 0.3) is 5.91 Å². The van der Waals surface area contributed by atoms with Gasteiger partial charge in [0.2, 0.25) is 0 Å². The molecule has 150 valence electrons. The Bertz CT molecular complexity index is 1050. The third-order valence-electron chi connectivity index (χ3n) is 4.19. The fraction of sp³-hybridized carbons (Fsp3) is 0.217. The minimum atomic E-state index is -0.753. The van der Waals surface area contributed by atoms with Crippen LogP contribution in [0.25, 0.3) is 10.8 Å². The molecule has 1 amide bonds. The summed E-state index contributed by atoms with van der Waals surface area (Å²) < 4.78 is 19.8. The molecule has 6 heteroatoms. The summed E-state index contributed by atoms with van der Waals surface area (Å²) in [5.41, 5.74) is -0.538. The molecule has 0 bridgehead atoms. The Kier molecular flexibility index (Phi) is 5.89. The monoisotopic (exact) mass is 413 g/mol. The normalized spacial score (nSPS) is 11.3. The highest BCUT2D eigenvalue weighted by Gasteiger charge is 2.28. The van der Waals surface area contributed by atoms with E-state index < -0.39 is 23.3 Å². The standard InChI is InChI=1S/C23H21ClFNO3/c1-23(2,3)29-20(27)14-26(22(28)21-17(24)11-7-12-18(21)25)19-13-6-9-15-8-4-5-10-16(15)19/h4-13H,14H2,1-3H3. The molecule has 0 aromatic heterocycles. The lowest BCUT2D eigenvalue weighted by atomic mass is 10.1. The maximum atomic E-state index is 14.5. The van der Waals surface area contributed by atoms with Crippen molar-refractivity contribution in [1.82, 2.24) is 0 Å². The number of fused-ring (bicyclic) bond motifs is 1. The molecule has 0 spiro atoms. The van der Waals surface area contributed by atoms with E-state index in [4.69, 9.17) is 16.3 Å². The second kappa shape index (κ2) is 8.21. The maximum absolute atomic E-state index is 14.5. The first-order chi connectivity index (χ1) is 13.7. The molecule has 0 fully saturated rings. The molecule has 0 atom stereocenters. The van der Waals surface area contributed by atoms with Crippen LogP contribution in [0.1, 0.15) is 31.1 Å². The number of carbonyl (C=O) groups excluding carboxylic acids is 2. The molecule has 0 N–H and O–H groups in total. The highest BCUT2D eigenvalue weighted by Crippen LogP contribution is 2.30. The van der Waals surface area contributed by atoms with Crippen molar-refractivity contribution in [3.05, 3.63) is 77.1 Å². The number of anilines is 1. The first-order valence-electron chi connectivity index (χ1n) is 9.13. The van der Waals surface area contributed by atoms with E-state index in [2.05, 4.69) is 0 Å². The van der Waals surface area contributed by atoms with E-state index in [1.165, 1.54) is 17.0 Å². The van der Waals surface area contributed by atoms with Gasteiger partial charge in [0.1, 0.15) is 18.0 Å². The van der Waals surface area contributed by atoms with Gasteiger partial charge in [-0.2, -0.15) is 0 Å². The van der Waals surface area contributed by atoms with Gasteiger partial charge in [-0.3, -0.25) is 14.5 Å². The Hall–Kier alpha value is -2.92. The fourth-order valence-electron chi connectivity index (χ4n) is 3.05. The van der Waals surface area contributed by atoms with Crippen molar-refractivity contribution in [3.8, 4) is 0 Å². The topological polar surface area (TPSA) is 46.6 Å². The quantitative estimate of drug-likeness (QED) is 0.521. The van der Waals surface area contributed by atoms with Crippen molar-refractivity contribution < 1.29 is 18.7 Å². The van der Waals surface area contributed by atoms with Crippen molar-refractivity contribution in [1.29, 1.82) is 0 Å². The summed E-state index contributed by atoms with van der Waals surface area (Å²) in [7, 11) is 0. The molecule has 29 heavy (non-hydrogen) atoms. The minimum absolute atomic E-state index is 0.0237. The zero-order valence-electron chi connectivity index (χ0n) is 16.4. The third kappa shape index (κ3) is 4.74. The molecule has 3 rings (SSSR count). The summed E-state index contributed by atoms with van der Waals surface area (Å²) >= 11 is 6.11. The number of hydrogen-bond donors (Lipinski definition) is 0. The van der Waals surface area contributed by atoms with Crippen LogP contribution in [-0.4, -0.2) is 24.0 Å². The molecule has 3 aromatic carbocycles. The van der Waals surface area contributed by atoms with Gasteiger partial charge in [0, 0.05) is 5.39 Å². The number of carbonyl (C=O) groups is 2. The van der Waals surface area contributed by atoms with Gasteiger partial charge in [-0.25, -0.2) is 4.39 Å². The van der Waals surface area contributed by atoms with E-state index in [0.29, 0.717) is 5.69 Å². The number of halogens is 2. The molecule has 0 aliphatic rings. The van der Waals surface area contributed by atoms with Gasteiger partial charge in [0.15, 0.2) is 0 Å². The predicted molar refractivity (Wildman–Crippen MR) is 113 cm³/mol. The van der Waals surface area contributed by atoms with Crippen LogP contribution in [0.3, 0.4) is 0 Å². The first-order valence-corrected chi connectivity index (χ1v) is 9.50. The van der Waals surface area contributed by atoms with Gasteiger partial charge in [-0.15, -0.1) is 0 Å². The van der Waals surface area contributed by atoms with Gasteiger partial charge in [-0.1, -0.05) is 54.1 Å². The predicted octanol–water partition coefficient (Wildman–Crippen LogP) is 5.62. The molecule has 0 aliphatic heterocycles. The summed E-state index contributed by atoms with van der Waals surface area (Å²) in [6.07, 6.45) is 0. The van der Waals surface area contributed by atoms with Crippen molar-refractivity contribution in [2.75, 3.05) is 11.4 Å². The number of esters is 1. The lowest BCUT2D eigenvalue weighted by Gasteiger charge is -2.26. The highest BCUT2D eigenvalue weighted by molar-refractivity contribution is 6.34. The van der Waals surface area contributed by atoms with Crippen LogP contribution in [0.2, 0.25) is 5.02 Å². The Labute approximate surface area is 173 Å². The zero-order valence-corrected chi connectivity index (χ0v) is 17.2. The summed E-state index contributed by atoms with van der Waals surface area (Å²) in [4.78, 5) is 27.1. The Balaban J connectivity index is 2.11. The number of benzene rings is 3. The van der Waals surface area contributed by atoms with Crippen LogP contribution in [0.4, 0.5) is 10.1 Å². The number of ether oxygens (including phenoxy) is 1. The average molecular weight is 414 g/mol. The third-order valence-corrected chi connectivity index (χ3v) is 4.50. The zero-order chi connectivity index (χ0) is 21.2. The summed E-state index contributed by atoms with van der Waals surface area (Å²) in [5.74, 6) is -2.07. The Morgan fingerprint density at radius 2 is 1.66 bits per heavy atom. The molecule has 0 radical (unpaired) electrons. The molecular formula is C23H21ClFNO3. The summed E-state index contributed by atoms with van der Waals surface area (Å²) in [6, 6.07) is 16.8. The fourth-order valence-corrected chi connectivity index (χ4v) is 3.29. The summed E-state index contributed by atoms with van der Waals surface area (Å²) in [6.45, 7) is 4.84. The molecule has 3 aromatic rings. The van der Waals surface area contributed by atoms with Crippen LogP contribution in [0.5, 0.6) is 0 Å². The van der Waals surface area contributed by atoms with Crippen LogP contribution < -0.4 is 4.90 Å². The number of hydrogen-bond acceptors (Lipinski definition) is 3. The van der Waals surface area contributed by atoms with Crippen LogP contribution in [0, 0.1) is 5.82 Å². The summed E-state index contributed by atoms with van der Waals surface area (Å²) in [5, 5.41) is 1.61. The smallest absolute Gasteiger partial charge is 0.326 e. The SMILES string of the molecule is CC(C)(C)OC(=O)CN(C(=O)c1c(F)cccc1Cl)c1cccc2ccccc12. The molecule has 4 nitrogen and oxygen atoms in total. The maximum Gasteiger partial charge on any atom is 0.326 e. The van der Waals surface area contributed by atoms with Crippen LogP contribution in [0.15, 0.2) is 60.7 Å². The van der Waals surface area contributed by atoms with Crippen LogP contribution in [-0.2, 0) is 9.53 Å². The van der Waals surface area contributed by atoms with Crippen LogP contribution >= 0.6 is 11.6 Å². The first kappa shape index (κ1) is 20.8. The number of nitrogens with zero attached hydrogens (tertiary/aromatic N) is 1. The second-order valence-corrected chi connectivity index (χ2v) is 7.98. The molecule has 0 saturated carbocycles. The highest BCUT2D eigenvalue weighted by atomic mass is 35.5. The largest absolute Gasteiger partial charge is 0.459 e. The van der Waals surface area contributed by atoms with Crippen molar-refractivity contribution >= 4 is 39.9 Å². The number of rotatable bonds is 4. The van der Waals surface area contributed by atoms with Gasteiger partial charge in [-0.05, 0) is 44.4 Å². The molecule has 0 heterocycles. The minimum Gasteiger partial charge on any atom is -0.459 e. The van der Waals surface area contributed by atoms with Gasteiger partial charge in [0.05, 0.1) is 16.3 Å². The Morgan fingerprint density at radius 1 is 1.00 bits per heavy atom. The second-order valence-electron chi connectivity index (χ2n) is 7.57. The molecule has 0 saturated heterocycles. The molecule has 0 aliphatic carbocycles. The Morgan fingerprint density at radius 3 is 2.34 bits per heavy atom. The van der Waals surface area contributed by atoms with E-state index in [-0.39, 0.29) is 17.1 Å². The van der Waals surface area contributed by atoms with E-state index in [9.17, 15) is 14.0 Å². The number of amides is 1. The van der Waals surface area contributed by atoms with E-state index >= 15 is 0 Å². The van der Waals surface area contributed by atoms with Gasteiger partial charge >= 0.3 is 5.97 Å². The van der Waals surface area contributed by atoms with E-state index in [1.807, 2.05) is 30.3 Å². The molecular weight excluding hydrogens is 393 g/mol. The van der Waals surface area contributed by atoms with Crippen molar-refractivity contribution in [3.63, 3.8) is 0 Å². The van der Waals surface area contributed by atoms with E-state index in [0.717, 1.165) is 16.8 Å². The molecule has 0 unspecified atom stereocenters. The van der Waals surface area contributed by atoms with Crippen molar-refractivity contribution in [2.24, 2.45) is 0 Å². The lowest BCUT2D eigenvalue weighted by Crippen LogP contribution is -2.39. The average Bonchev–Trinajstić information content (AvgIpc) is 2.64. The lowest BCUT2D eigenvalue weighted by molar-refractivity contribution is -0.152. The van der Waals surface area contributed by atoms with Crippen molar-refractivity contribution in [2.45, 2.75) is 26.4 Å². The van der Waals surface area contributed by atoms with E-state index in [1.54, 1.807) is 32.9 Å².